The molecule has 4 rings (SSSR count). The summed E-state index contributed by atoms with van der Waals surface area (Å²) in [5, 5.41) is 13.4. The third kappa shape index (κ3) is 1.50. The fourth-order valence-corrected chi connectivity index (χ4v) is 4.55. The van der Waals surface area contributed by atoms with E-state index in [0.717, 1.165) is 35.1 Å². The minimum atomic E-state index is 0.321. The van der Waals surface area contributed by atoms with Crippen molar-refractivity contribution in [2.45, 2.75) is 38.8 Å². The van der Waals surface area contributed by atoms with E-state index >= 15 is 0 Å². The number of hydrogen-bond donors (Lipinski definition) is 2. The predicted molar refractivity (Wildman–Crippen MR) is 69.1 cm³/mol. The molecule has 3 nitrogen and oxygen atoms in total. The molecule has 3 fully saturated rings. The van der Waals surface area contributed by atoms with Gasteiger partial charge >= 0.3 is 0 Å². The van der Waals surface area contributed by atoms with E-state index in [1.165, 1.54) is 19.3 Å². The van der Waals surface area contributed by atoms with Crippen molar-refractivity contribution in [2.24, 2.45) is 23.7 Å². The largest absolute Gasteiger partial charge is 0.506 e. The molecule has 2 N–H and O–H groups in total. The lowest BCUT2D eigenvalue weighted by molar-refractivity contribution is 0.440. The van der Waals surface area contributed by atoms with Crippen molar-refractivity contribution in [3.8, 4) is 5.75 Å². The maximum Gasteiger partial charge on any atom is 0.138 e. The summed E-state index contributed by atoms with van der Waals surface area (Å²) in [6, 6.07) is 4.31. The van der Waals surface area contributed by atoms with Crippen molar-refractivity contribution >= 4 is 0 Å². The summed E-state index contributed by atoms with van der Waals surface area (Å²) in [6.07, 6.45) is 4.40. The van der Waals surface area contributed by atoms with Crippen LogP contribution in [0.3, 0.4) is 0 Å². The first-order valence-corrected chi connectivity index (χ1v) is 7.13. The molecule has 4 atom stereocenters. The van der Waals surface area contributed by atoms with Crippen molar-refractivity contribution in [3.63, 3.8) is 0 Å². The second kappa shape index (κ2) is 3.70. The van der Waals surface area contributed by atoms with Gasteiger partial charge < -0.3 is 10.4 Å². The Morgan fingerprint density at radius 2 is 2.00 bits per heavy atom. The molecule has 1 heterocycles. The van der Waals surface area contributed by atoms with Gasteiger partial charge in [-0.05, 0) is 62.0 Å². The summed E-state index contributed by atoms with van der Waals surface area (Å²) in [5.41, 5.74) is 1.77. The fraction of sp³-hybridized carbons (Fsp3) is 0.667. The van der Waals surface area contributed by atoms with E-state index in [2.05, 4.69) is 10.3 Å². The number of aromatic nitrogens is 1. The number of aromatic hydroxyl groups is 1. The van der Waals surface area contributed by atoms with Gasteiger partial charge in [0.1, 0.15) is 5.75 Å². The lowest BCUT2D eigenvalue weighted by Crippen LogP contribution is -2.23. The van der Waals surface area contributed by atoms with Crippen LogP contribution in [0.4, 0.5) is 0 Å². The van der Waals surface area contributed by atoms with Gasteiger partial charge in [0.05, 0.1) is 5.69 Å². The molecule has 18 heavy (non-hydrogen) atoms. The lowest BCUT2D eigenvalue weighted by atomic mass is 10.0. The van der Waals surface area contributed by atoms with Crippen LogP contribution in [0.2, 0.25) is 0 Å². The van der Waals surface area contributed by atoms with E-state index in [1.54, 1.807) is 6.07 Å². The number of nitrogens with one attached hydrogen (secondary N) is 1. The van der Waals surface area contributed by atoms with Crippen LogP contribution in [-0.2, 0) is 6.54 Å². The highest BCUT2D eigenvalue weighted by Gasteiger charge is 2.64. The number of rotatable bonds is 3. The summed E-state index contributed by atoms with van der Waals surface area (Å²) in [6.45, 7) is 2.68. The van der Waals surface area contributed by atoms with E-state index in [9.17, 15) is 5.11 Å². The molecule has 0 aliphatic heterocycles. The molecule has 0 spiro atoms. The van der Waals surface area contributed by atoms with Gasteiger partial charge in [-0.1, -0.05) is 0 Å². The molecule has 96 valence electrons. The number of nitrogens with zero attached hydrogens (tertiary/aromatic N) is 1. The van der Waals surface area contributed by atoms with Crippen molar-refractivity contribution < 1.29 is 5.11 Å². The Kier molecular flexibility index (Phi) is 2.22. The van der Waals surface area contributed by atoms with Crippen molar-refractivity contribution in [1.82, 2.24) is 10.3 Å². The predicted octanol–water partition coefficient (Wildman–Crippen LogP) is 2.23. The van der Waals surface area contributed by atoms with Crippen LogP contribution in [0.1, 0.15) is 30.7 Å². The average Bonchev–Trinajstić information content (AvgIpc) is 2.76. The number of fused-ring (bicyclic) bond motifs is 5. The molecule has 3 saturated carbocycles. The Balaban J connectivity index is 1.41. The maximum absolute atomic E-state index is 9.79. The first kappa shape index (κ1) is 10.8. The van der Waals surface area contributed by atoms with Crippen LogP contribution in [0.25, 0.3) is 0 Å². The van der Waals surface area contributed by atoms with E-state index < -0.39 is 0 Å². The van der Waals surface area contributed by atoms with E-state index in [4.69, 9.17) is 0 Å². The topological polar surface area (TPSA) is 45.1 Å². The van der Waals surface area contributed by atoms with Gasteiger partial charge in [0, 0.05) is 18.3 Å². The molecule has 1 aromatic heterocycles. The molecule has 3 aliphatic rings. The first-order chi connectivity index (χ1) is 8.74. The van der Waals surface area contributed by atoms with Crippen LogP contribution in [-0.4, -0.2) is 16.1 Å². The highest BCUT2D eigenvalue weighted by Crippen LogP contribution is 2.65. The summed E-state index contributed by atoms with van der Waals surface area (Å²) in [4.78, 5) is 4.41. The molecular formula is C15H20N2O. The van der Waals surface area contributed by atoms with Crippen LogP contribution in [0.5, 0.6) is 5.75 Å². The third-order valence-electron chi connectivity index (χ3n) is 5.33. The van der Waals surface area contributed by atoms with E-state index in [0.29, 0.717) is 18.3 Å². The highest BCUT2D eigenvalue weighted by atomic mass is 16.3. The van der Waals surface area contributed by atoms with Gasteiger partial charge in [-0.25, -0.2) is 0 Å². The molecule has 0 saturated heterocycles. The molecule has 3 heteroatoms. The first-order valence-electron chi connectivity index (χ1n) is 7.13. The van der Waals surface area contributed by atoms with Gasteiger partial charge in [-0.15, -0.1) is 0 Å². The van der Waals surface area contributed by atoms with Crippen LogP contribution >= 0.6 is 0 Å². The molecule has 3 aliphatic carbocycles. The third-order valence-corrected chi connectivity index (χ3v) is 5.33. The van der Waals surface area contributed by atoms with Gasteiger partial charge in [0.2, 0.25) is 0 Å². The molecule has 0 radical (unpaired) electrons. The summed E-state index contributed by atoms with van der Waals surface area (Å²) in [5.74, 6) is 4.20. The monoisotopic (exact) mass is 244 g/mol. The van der Waals surface area contributed by atoms with Crippen LogP contribution in [0, 0.1) is 30.6 Å². The maximum atomic E-state index is 9.79. The molecule has 1 aromatic rings. The molecule has 4 unspecified atom stereocenters. The normalized spacial score (nSPS) is 39.9. The number of hydrogen-bond acceptors (Lipinski definition) is 3. The van der Waals surface area contributed by atoms with Gasteiger partial charge in [0.25, 0.3) is 0 Å². The summed E-state index contributed by atoms with van der Waals surface area (Å²) >= 11 is 0. The molecule has 0 amide bonds. The molecule has 2 bridgehead atoms. The zero-order chi connectivity index (χ0) is 12.3. The Hall–Kier alpha value is -1.09. The van der Waals surface area contributed by atoms with Gasteiger partial charge in [0.15, 0.2) is 0 Å². The lowest BCUT2D eigenvalue weighted by Gasteiger charge is -2.11. The summed E-state index contributed by atoms with van der Waals surface area (Å²) in [7, 11) is 0. The minimum Gasteiger partial charge on any atom is -0.506 e. The molecule has 0 aromatic carbocycles. The second-order valence-corrected chi connectivity index (χ2v) is 6.31. The van der Waals surface area contributed by atoms with Crippen molar-refractivity contribution in [3.05, 3.63) is 23.5 Å². The van der Waals surface area contributed by atoms with E-state index in [1.807, 2.05) is 13.0 Å². The quantitative estimate of drug-likeness (QED) is 0.857. The van der Waals surface area contributed by atoms with Crippen LogP contribution < -0.4 is 5.32 Å². The number of aryl methyl sites for hydroxylation is 1. The minimum absolute atomic E-state index is 0.321. The zero-order valence-corrected chi connectivity index (χ0v) is 10.8. The second-order valence-electron chi connectivity index (χ2n) is 6.31. The Morgan fingerprint density at radius 1 is 1.28 bits per heavy atom. The fourth-order valence-electron chi connectivity index (χ4n) is 4.55. The Morgan fingerprint density at radius 3 is 2.72 bits per heavy atom. The van der Waals surface area contributed by atoms with Gasteiger partial charge in [-0.2, -0.15) is 0 Å². The Bertz CT molecular complexity index is 471. The van der Waals surface area contributed by atoms with Crippen molar-refractivity contribution in [1.29, 1.82) is 0 Å². The smallest absolute Gasteiger partial charge is 0.138 e. The average molecular weight is 244 g/mol. The highest BCUT2D eigenvalue weighted by molar-refractivity contribution is 5.28. The Labute approximate surface area is 108 Å². The summed E-state index contributed by atoms with van der Waals surface area (Å²) < 4.78 is 0. The number of pyridine rings is 1. The van der Waals surface area contributed by atoms with Crippen LogP contribution in [0.15, 0.2) is 12.1 Å². The molecular weight excluding hydrogens is 224 g/mol. The van der Waals surface area contributed by atoms with Gasteiger partial charge in [-0.3, -0.25) is 4.98 Å². The van der Waals surface area contributed by atoms with E-state index in [-0.39, 0.29) is 0 Å². The standard InChI is InChI=1S/C15H20N2O/c1-8-2-5-12(18)11(17-8)7-16-15-13-9-3-4-10(6-9)14(13)15/h2,5,9-10,13-16,18H,3-4,6-7H2,1H3. The van der Waals surface area contributed by atoms with Crippen molar-refractivity contribution in [2.75, 3.05) is 0 Å². The zero-order valence-electron chi connectivity index (χ0n) is 10.8. The SMILES string of the molecule is Cc1ccc(O)c(CNC2C3C4CCC(C4)C23)n1.